The first-order chi connectivity index (χ1) is 9.69. The van der Waals surface area contributed by atoms with E-state index in [-0.39, 0.29) is 19.3 Å². The number of hydrogen-bond acceptors (Lipinski definition) is 5. The molecule has 0 aliphatic heterocycles. The molecule has 0 spiro atoms. The van der Waals surface area contributed by atoms with Gasteiger partial charge in [-0.25, -0.2) is 0 Å². The summed E-state index contributed by atoms with van der Waals surface area (Å²) in [5.41, 5.74) is 6.99. The highest BCUT2D eigenvalue weighted by molar-refractivity contribution is 5.35. The summed E-state index contributed by atoms with van der Waals surface area (Å²) in [4.78, 5) is 0. The number of aliphatic hydroxyl groups excluding tert-OH is 1. The molecule has 0 amide bonds. The van der Waals surface area contributed by atoms with Gasteiger partial charge in [-0.05, 0) is 12.5 Å². The van der Waals surface area contributed by atoms with Crippen molar-refractivity contribution in [2.24, 2.45) is 5.73 Å². The molecule has 0 aliphatic rings. The van der Waals surface area contributed by atoms with Crippen LogP contribution in [0.15, 0.2) is 24.3 Å². The van der Waals surface area contributed by atoms with E-state index in [2.05, 4.69) is 0 Å². The van der Waals surface area contributed by atoms with Gasteiger partial charge in [-0.15, -0.1) is 0 Å². The fourth-order valence-electron chi connectivity index (χ4n) is 1.73. The van der Waals surface area contributed by atoms with Gasteiger partial charge in [0, 0.05) is 18.7 Å². The quantitative estimate of drug-likeness (QED) is 0.637. The van der Waals surface area contributed by atoms with Crippen molar-refractivity contribution >= 4 is 0 Å². The number of hydrogen-bond donors (Lipinski definition) is 2. The average Bonchev–Trinajstić information content (AvgIpc) is 2.49. The third-order valence-corrected chi connectivity index (χ3v) is 2.93. The fourth-order valence-corrected chi connectivity index (χ4v) is 1.73. The maximum atomic E-state index is 9.77. The maximum absolute atomic E-state index is 9.77. The van der Waals surface area contributed by atoms with Gasteiger partial charge < -0.3 is 25.1 Å². The summed E-state index contributed by atoms with van der Waals surface area (Å²) in [6.45, 7) is 3.42. The zero-order valence-corrected chi connectivity index (χ0v) is 12.2. The Kier molecular flexibility index (Phi) is 8.22. The van der Waals surface area contributed by atoms with Gasteiger partial charge in [-0.1, -0.05) is 25.1 Å². The molecule has 114 valence electrons. The van der Waals surface area contributed by atoms with Crippen LogP contribution in [0.3, 0.4) is 0 Å². The molecule has 0 saturated heterocycles. The molecule has 5 nitrogen and oxygen atoms in total. The highest BCUT2D eigenvalue weighted by atomic mass is 16.5. The normalized spacial score (nSPS) is 14.0. The van der Waals surface area contributed by atoms with Crippen molar-refractivity contribution in [3.05, 3.63) is 29.8 Å². The van der Waals surface area contributed by atoms with E-state index in [0.29, 0.717) is 13.2 Å². The molecule has 1 aromatic rings. The van der Waals surface area contributed by atoms with E-state index in [1.165, 1.54) is 0 Å². The largest absolute Gasteiger partial charge is 0.490 e. The number of nitrogens with two attached hydrogens (primary N) is 1. The molecular formula is C15H25NO4. The first kappa shape index (κ1) is 16.9. The summed E-state index contributed by atoms with van der Waals surface area (Å²) < 4.78 is 15.7. The van der Waals surface area contributed by atoms with Crippen LogP contribution in [0.1, 0.15) is 24.9 Å². The molecule has 20 heavy (non-hydrogen) atoms. The van der Waals surface area contributed by atoms with Gasteiger partial charge in [0.2, 0.25) is 0 Å². The van der Waals surface area contributed by atoms with Crippen LogP contribution in [0, 0.1) is 0 Å². The SMILES string of the molecule is CC[C@H](N)c1ccccc1OCC(O)COCCOC. The molecule has 0 saturated carbocycles. The molecule has 0 radical (unpaired) electrons. The molecule has 1 unspecified atom stereocenters. The predicted octanol–water partition coefficient (Wildman–Crippen LogP) is 1.50. The number of ether oxygens (including phenoxy) is 3. The second-order valence-corrected chi connectivity index (χ2v) is 4.59. The molecule has 1 rings (SSSR count). The zero-order chi connectivity index (χ0) is 14.8. The Morgan fingerprint density at radius 2 is 1.95 bits per heavy atom. The summed E-state index contributed by atoms with van der Waals surface area (Å²) >= 11 is 0. The number of aliphatic hydroxyl groups is 1. The Hall–Kier alpha value is -1.14. The first-order valence-corrected chi connectivity index (χ1v) is 6.91. The van der Waals surface area contributed by atoms with Crippen LogP contribution >= 0.6 is 0 Å². The molecular weight excluding hydrogens is 258 g/mol. The van der Waals surface area contributed by atoms with Crippen molar-refractivity contribution in [1.82, 2.24) is 0 Å². The highest BCUT2D eigenvalue weighted by Crippen LogP contribution is 2.25. The summed E-state index contributed by atoms with van der Waals surface area (Å²) in [5, 5.41) is 9.77. The van der Waals surface area contributed by atoms with Crippen LogP contribution in [-0.4, -0.2) is 44.7 Å². The van der Waals surface area contributed by atoms with Gasteiger partial charge in [-0.2, -0.15) is 0 Å². The minimum absolute atomic E-state index is 0.0544. The van der Waals surface area contributed by atoms with Gasteiger partial charge in [0.25, 0.3) is 0 Å². The lowest BCUT2D eigenvalue weighted by Crippen LogP contribution is -2.25. The summed E-state index contributed by atoms with van der Waals surface area (Å²) in [7, 11) is 1.61. The Balaban J connectivity index is 2.41. The number of methoxy groups -OCH3 is 1. The van der Waals surface area contributed by atoms with E-state index in [1.807, 2.05) is 31.2 Å². The maximum Gasteiger partial charge on any atom is 0.124 e. The van der Waals surface area contributed by atoms with Crippen molar-refractivity contribution < 1.29 is 19.3 Å². The highest BCUT2D eigenvalue weighted by Gasteiger charge is 2.12. The van der Waals surface area contributed by atoms with Crippen LogP contribution in [0.5, 0.6) is 5.75 Å². The van der Waals surface area contributed by atoms with Crippen LogP contribution in [0.25, 0.3) is 0 Å². The summed E-state index contributed by atoms with van der Waals surface area (Å²) in [6, 6.07) is 7.58. The Morgan fingerprint density at radius 3 is 2.65 bits per heavy atom. The van der Waals surface area contributed by atoms with Crippen molar-refractivity contribution in [3.8, 4) is 5.75 Å². The van der Waals surface area contributed by atoms with Crippen LogP contribution in [-0.2, 0) is 9.47 Å². The number of benzene rings is 1. The van der Waals surface area contributed by atoms with Gasteiger partial charge >= 0.3 is 0 Å². The van der Waals surface area contributed by atoms with Crippen LogP contribution in [0.2, 0.25) is 0 Å². The predicted molar refractivity (Wildman–Crippen MR) is 77.9 cm³/mol. The number of para-hydroxylation sites is 1. The molecule has 0 bridgehead atoms. The molecule has 0 heterocycles. The Labute approximate surface area is 120 Å². The van der Waals surface area contributed by atoms with Crippen LogP contribution < -0.4 is 10.5 Å². The van der Waals surface area contributed by atoms with Crippen molar-refractivity contribution in [3.63, 3.8) is 0 Å². The topological polar surface area (TPSA) is 73.9 Å². The molecule has 2 atom stereocenters. The van der Waals surface area contributed by atoms with Crippen molar-refractivity contribution in [2.45, 2.75) is 25.5 Å². The van der Waals surface area contributed by atoms with E-state index in [9.17, 15) is 5.11 Å². The van der Waals surface area contributed by atoms with E-state index >= 15 is 0 Å². The van der Waals surface area contributed by atoms with Gasteiger partial charge in [-0.3, -0.25) is 0 Å². The van der Waals surface area contributed by atoms with Gasteiger partial charge in [0.15, 0.2) is 0 Å². The third kappa shape index (κ3) is 5.88. The monoisotopic (exact) mass is 283 g/mol. The standard InChI is InChI=1S/C15H25NO4/c1-3-14(16)13-6-4-5-7-15(13)20-11-12(17)10-19-9-8-18-2/h4-7,12,14,17H,3,8-11,16H2,1-2H3/t12?,14-/m0/s1. The van der Waals surface area contributed by atoms with E-state index in [1.54, 1.807) is 7.11 Å². The average molecular weight is 283 g/mol. The fraction of sp³-hybridized carbons (Fsp3) is 0.600. The van der Waals surface area contributed by atoms with Crippen molar-refractivity contribution in [1.29, 1.82) is 0 Å². The van der Waals surface area contributed by atoms with E-state index < -0.39 is 6.10 Å². The Bertz CT molecular complexity index is 373. The molecule has 0 aliphatic carbocycles. The second-order valence-electron chi connectivity index (χ2n) is 4.59. The Morgan fingerprint density at radius 1 is 1.20 bits per heavy atom. The minimum Gasteiger partial charge on any atom is -0.490 e. The van der Waals surface area contributed by atoms with Crippen LogP contribution in [0.4, 0.5) is 0 Å². The first-order valence-electron chi connectivity index (χ1n) is 6.91. The summed E-state index contributed by atoms with van der Waals surface area (Å²) in [6.07, 6.45) is 0.168. The van der Waals surface area contributed by atoms with Gasteiger partial charge in [0.05, 0.1) is 19.8 Å². The molecule has 5 heteroatoms. The van der Waals surface area contributed by atoms with E-state index in [4.69, 9.17) is 19.9 Å². The molecule has 1 aromatic carbocycles. The molecule has 3 N–H and O–H groups in total. The number of rotatable bonds is 10. The molecule has 0 fully saturated rings. The smallest absolute Gasteiger partial charge is 0.124 e. The van der Waals surface area contributed by atoms with Crippen molar-refractivity contribution in [2.75, 3.05) is 33.5 Å². The molecule has 0 aromatic heterocycles. The lowest BCUT2D eigenvalue weighted by atomic mass is 10.0. The van der Waals surface area contributed by atoms with E-state index in [0.717, 1.165) is 17.7 Å². The third-order valence-electron chi connectivity index (χ3n) is 2.93. The lowest BCUT2D eigenvalue weighted by molar-refractivity contribution is -0.00436. The minimum atomic E-state index is -0.669. The lowest BCUT2D eigenvalue weighted by Gasteiger charge is -2.17. The zero-order valence-electron chi connectivity index (χ0n) is 12.2. The summed E-state index contributed by atoms with van der Waals surface area (Å²) in [5.74, 6) is 0.720. The second kappa shape index (κ2) is 9.72. The van der Waals surface area contributed by atoms with Gasteiger partial charge in [0.1, 0.15) is 18.5 Å².